The Morgan fingerprint density at radius 1 is 1.17 bits per heavy atom. The maximum atomic E-state index is 12.5. The number of benzene rings is 1. The van der Waals surface area contributed by atoms with Gasteiger partial charge in [0.05, 0.1) is 15.3 Å². The van der Waals surface area contributed by atoms with Gasteiger partial charge in [0.15, 0.2) is 0 Å². The molecule has 1 amide bonds. The fourth-order valence-corrected chi connectivity index (χ4v) is 3.84. The molecule has 1 aromatic heterocycles. The highest BCUT2D eigenvalue weighted by Crippen LogP contribution is 2.31. The van der Waals surface area contributed by atoms with Crippen molar-refractivity contribution in [2.24, 2.45) is 10.2 Å². The average molecular weight is 343 g/mol. The van der Waals surface area contributed by atoms with E-state index in [4.69, 9.17) is 0 Å². The molecule has 2 aromatic rings. The van der Waals surface area contributed by atoms with Crippen LogP contribution in [0.25, 0.3) is 0 Å². The molecular formula is C17H17N3OS2. The van der Waals surface area contributed by atoms with E-state index < -0.39 is 4.75 Å². The predicted molar refractivity (Wildman–Crippen MR) is 99.6 cm³/mol. The molecule has 0 aliphatic carbocycles. The van der Waals surface area contributed by atoms with Gasteiger partial charge in [-0.2, -0.15) is 5.10 Å². The van der Waals surface area contributed by atoms with Crippen molar-refractivity contribution in [1.29, 1.82) is 0 Å². The summed E-state index contributed by atoms with van der Waals surface area (Å²) in [6.07, 6.45) is 0.688. The first-order chi connectivity index (χ1) is 11.0. The number of thioether (sulfide) groups is 1. The van der Waals surface area contributed by atoms with Gasteiger partial charge in [-0.25, -0.2) is 0 Å². The van der Waals surface area contributed by atoms with Crippen molar-refractivity contribution in [1.82, 2.24) is 0 Å². The first-order valence-electron chi connectivity index (χ1n) is 7.27. The van der Waals surface area contributed by atoms with Crippen LogP contribution in [0.3, 0.4) is 0 Å². The van der Waals surface area contributed by atoms with E-state index in [-0.39, 0.29) is 5.91 Å². The fraction of sp³-hybridized carbons (Fsp3) is 0.235. The zero-order chi connectivity index (χ0) is 16.3. The molecule has 0 unspecified atom stereocenters. The van der Waals surface area contributed by atoms with Crippen LogP contribution in [0.5, 0.6) is 0 Å². The van der Waals surface area contributed by atoms with E-state index in [2.05, 4.69) is 15.5 Å². The number of nitrogens with one attached hydrogen (secondary N) is 1. The third kappa shape index (κ3) is 3.89. The largest absolute Gasteiger partial charge is 0.325 e. The normalized spacial score (nSPS) is 14.3. The Morgan fingerprint density at radius 2 is 1.96 bits per heavy atom. The lowest BCUT2D eigenvalue weighted by Gasteiger charge is -2.22. The Kier molecular flexibility index (Phi) is 4.63. The van der Waals surface area contributed by atoms with Gasteiger partial charge in [0, 0.05) is 12.1 Å². The lowest BCUT2D eigenvalue weighted by atomic mass is 10.2. The van der Waals surface area contributed by atoms with E-state index in [1.807, 2.05) is 61.7 Å². The number of anilines is 1. The lowest BCUT2D eigenvalue weighted by Crippen LogP contribution is -2.35. The number of carbonyl (C=O) groups excluding carboxylic acids is 1. The Hall–Kier alpha value is -1.92. The molecule has 0 saturated carbocycles. The van der Waals surface area contributed by atoms with Gasteiger partial charge in [-0.1, -0.05) is 36.0 Å². The first-order valence-corrected chi connectivity index (χ1v) is 8.97. The number of carbonyl (C=O) groups is 1. The van der Waals surface area contributed by atoms with E-state index >= 15 is 0 Å². The summed E-state index contributed by atoms with van der Waals surface area (Å²) in [4.78, 5) is 13.6. The Morgan fingerprint density at radius 3 is 2.65 bits per heavy atom. The minimum atomic E-state index is -0.616. The van der Waals surface area contributed by atoms with Gasteiger partial charge in [0.25, 0.3) is 0 Å². The molecule has 1 N–H and O–H groups in total. The lowest BCUT2D eigenvalue weighted by molar-refractivity contribution is -0.117. The Labute approximate surface area is 143 Å². The number of thiophene rings is 1. The molecular weight excluding hydrogens is 326 g/mol. The summed E-state index contributed by atoms with van der Waals surface area (Å²) in [5.74, 6) is -0.0408. The number of amides is 1. The van der Waals surface area contributed by atoms with Crippen molar-refractivity contribution in [3.8, 4) is 0 Å². The number of rotatable bonds is 4. The van der Waals surface area contributed by atoms with Crippen molar-refractivity contribution in [2.45, 2.75) is 25.0 Å². The molecule has 4 nitrogen and oxygen atoms in total. The topological polar surface area (TPSA) is 53.8 Å². The summed E-state index contributed by atoms with van der Waals surface area (Å²) in [6.45, 7) is 3.81. The summed E-state index contributed by atoms with van der Waals surface area (Å²) >= 11 is 3.12. The van der Waals surface area contributed by atoms with Crippen LogP contribution in [0, 0.1) is 0 Å². The van der Waals surface area contributed by atoms with Crippen molar-refractivity contribution in [2.75, 3.05) is 5.32 Å². The number of hydrogen-bond donors (Lipinski definition) is 1. The molecule has 0 atom stereocenters. The van der Waals surface area contributed by atoms with Crippen molar-refractivity contribution >= 4 is 45.4 Å². The van der Waals surface area contributed by atoms with E-state index in [1.165, 1.54) is 11.8 Å². The molecule has 1 aromatic carbocycles. The van der Waals surface area contributed by atoms with Gasteiger partial charge in [0.2, 0.25) is 5.91 Å². The molecule has 1 aliphatic heterocycles. The summed E-state index contributed by atoms with van der Waals surface area (Å²) in [5, 5.41) is 14.3. The second-order valence-corrected chi connectivity index (χ2v) is 8.27. The highest BCUT2D eigenvalue weighted by Gasteiger charge is 2.32. The summed E-state index contributed by atoms with van der Waals surface area (Å²) < 4.78 is -0.616. The van der Waals surface area contributed by atoms with Crippen LogP contribution in [0.2, 0.25) is 0 Å². The second kappa shape index (κ2) is 6.68. The van der Waals surface area contributed by atoms with Crippen molar-refractivity contribution in [3.05, 3.63) is 52.7 Å². The second-order valence-electron chi connectivity index (χ2n) is 5.63. The van der Waals surface area contributed by atoms with Crippen molar-refractivity contribution < 1.29 is 4.79 Å². The molecule has 0 spiro atoms. The Bertz CT molecular complexity index is 749. The van der Waals surface area contributed by atoms with Crippen LogP contribution >= 0.6 is 23.1 Å². The summed E-state index contributed by atoms with van der Waals surface area (Å²) in [6, 6.07) is 13.5. The van der Waals surface area contributed by atoms with Gasteiger partial charge in [-0.05, 0) is 37.4 Å². The van der Waals surface area contributed by atoms with Crippen molar-refractivity contribution in [3.63, 3.8) is 0 Å². The molecule has 1 aliphatic rings. The van der Waals surface area contributed by atoms with Gasteiger partial charge >= 0.3 is 0 Å². The van der Waals surface area contributed by atoms with Gasteiger partial charge in [-0.15, -0.1) is 16.4 Å². The molecule has 0 fully saturated rings. The monoisotopic (exact) mass is 343 g/mol. The molecule has 6 heteroatoms. The maximum absolute atomic E-state index is 12.5. The Balaban J connectivity index is 1.60. The smallest absolute Gasteiger partial charge is 0.240 e. The average Bonchev–Trinajstić information content (AvgIpc) is 3.18. The molecule has 0 bridgehead atoms. The number of para-hydroxylation sites is 1. The zero-order valence-corrected chi connectivity index (χ0v) is 14.6. The third-order valence-electron chi connectivity index (χ3n) is 3.36. The summed E-state index contributed by atoms with van der Waals surface area (Å²) in [7, 11) is 0. The van der Waals surface area contributed by atoms with Gasteiger partial charge < -0.3 is 5.32 Å². The van der Waals surface area contributed by atoms with Gasteiger partial charge in [0.1, 0.15) is 5.04 Å². The first kappa shape index (κ1) is 16.0. The third-order valence-corrected chi connectivity index (χ3v) is 5.43. The van der Waals surface area contributed by atoms with Crippen LogP contribution in [0.4, 0.5) is 5.69 Å². The van der Waals surface area contributed by atoms with E-state index in [1.54, 1.807) is 11.3 Å². The fourth-order valence-electron chi connectivity index (χ4n) is 2.11. The standard InChI is InChI=1S/C17H17N3OS2/c1-17(2,16(21)18-12-7-4-3-5-8-12)23-15-11-13(19-20-15)14-9-6-10-22-14/h3-10H,11H2,1-2H3,(H,18,21). The molecule has 0 radical (unpaired) electrons. The molecule has 118 valence electrons. The SMILES string of the molecule is CC(C)(SC1=NN=C(c2cccs2)C1)C(=O)Nc1ccccc1. The summed E-state index contributed by atoms with van der Waals surface area (Å²) in [5.41, 5.74) is 1.77. The predicted octanol–water partition coefficient (Wildman–Crippen LogP) is 4.40. The zero-order valence-electron chi connectivity index (χ0n) is 12.9. The van der Waals surface area contributed by atoms with Crippen LogP contribution in [0.15, 0.2) is 58.0 Å². The highest BCUT2D eigenvalue weighted by molar-refractivity contribution is 8.15. The van der Waals surface area contributed by atoms with E-state index in [0.29, 0.717) is 6.42 Å². The molecule has 3 rings (SSSR count). The van der Waals surface area contributed by atoms with E-state index in [9.17, 15) is 4.79 Å². The minimum Gasteiger partial charge on any atom is -0.325 e. The van der Waals surface area contributed by atoms with Gasteiger partial charge in [-0.3, -0.25) is 4.79 Å². The molecule has 2 heterocycles. The van der Waals surface area contributed by atoms with Crippen LogP contribution in [0.1, 0.15) is 25.1 Å². The van der Waals surface area contributed by atoms with Crippen LogP contribution < -0.4 is 5.32 Å². The number of hydrogen-bond acceptors (Lipinski definition) is 5. The quantitative estimate of drug-likeness (QED) is 0.894. The van der Waals surface area contributed by atoms with E-state index in [0.717, 1.165) is 21.3 Å². The molecule has 23 heavy (non-hydrogen) atoms. The minimum absolute atomic E-state index is 0.0408. The number of nitrogens with zero attached hydrogens (tertiary/aromatic N) is 2. The highest BCUT2D eigenvalue weighted by atomic mass is 32.2. The maximum Gasteiger partial charge on any atom is 0.240 e. The van der Waals surface area contributed by atoms with Crippen LogP contribution in [-0.2, 0) is 4.79 Å². The molecule has 0 saturated heterocycles. The van der Waals surface area contributed by atoms with Crippen LogP contribution in [-0.4, -0.2) is 21.4 Å².